The molecule has 0 unspecified atom stereocenters. The number of nitrogens with one attached hydrogen (secondary N) is 1. The van der Waals surface area contributed by atoms with Gasteiger partial charge in [-0.3, -0.25) is 4.79 Å². The van der Waals surface area contributed by atoms with Crippen molar-refractivity contribution in [3.05, 3.63) is 59.1 Å². The summed E-state index contributed by atoms with van der Waals surface area (Å²) in [7, 11) is 0. The van der Waals surface area contributed by atoms with Crippen LogP contribution >= 0.6 is 11.6 Å². The van der Waals surface area contributed by atoms with Gasteiger partial charge in [0.25, 0.3) is 5.91 Å². The van der Waals surface area contributed by atoms with E-state index in [4.69, 9.17) is 17.3 Å². The number of para-hydroxylation sites is 1. The molecule has 2 aromatic carbocycles. The summed E-state index contributed by atoms with van der Waals surface area (Å²) < 4.78 is 0. The summed E-state index contributed by atoms with van der Waals surface area (Å²) in [5, 5.41) is 3.21. The van der Waals surface area contributed by atoms with Crippen LogP contribution in [0.15, 0.2) is 48.5 Å². The van der Waals surface area contributed by atoms with Crippen molar-refractivity contribution in [1.29, 1.82) is 0 Å². The number of carbonyl (C=O) groups excluding carboxylic acids is 1. The van der Waals surface area contributed by atoms with E-state index in [1.165, 1.54) is 0 Å². The number of rotatable bonds is 2. The zero-order valence-corrected chi connectivity index (χ0v) is 9.74. The number of halogens is 1. The number of amides is 1. The minimum Gasteiger partial charge on any atom is -0.398 e. The fraction of sp³-hybridized carbons (Fsp3) is 0. The van der Waals surface area contributed by atoms with Gasteiger partial charge in [0, 0.05) is 11.3 Å². The van der Waals surface area contributed by atoms with Gasteiger partial charge in [0.05, 0.1) is 10.7 Å². The Morgan fingerprint density at radius 1 is 1.12 bits per heavy atom. The molecule has 1 amide bonds. The molecule has 2 rings (SSSR count). The first-order chi connectivity index (χ1) is 8.16. The SMILES string of the molecule is Nc1cc(C(=O)Nc2ccccc2)ccc1Cl. The van der Waals surface area contributed by atoms with Crippen molar-refractivity contribution in [3.63, 3.8) is 0 Å². The molecule has 0 fully saturated rings. The van der Waals surface area contributed by atoms with E-state index in [0.717, 1.165) is 5.69 Å². The van der Waals surface area contributed by atoms with Crippen LogP contribution in [0.4, 0.5) is 11.4 Å². The Hall–Kier alpha value is -2.00. The third kappa shape index (κ3) is 2.77. The van der Waals surface area contributed by atoms with Gasteiger partial charge >= 0.3 is 0 Å². The van der Waals surface area contributed by atoms with E-state index >= 15 is 0 Å². The Morgan fingerprint density at radius 3 is 2.47 bits per heavy atom. The topological polar surface area (TPSA) is 55.1 Å². The zero-order valence-electron chi connectivity index (χ0n) is 8.98. The van der Waals surface area contributed by atoms with Crippen molar-refractivity contribution in [2.24, 2.45) is 0 Å². The van der Waals surface area contributed by atoms with Crippen molar-refractivity contribution < 1.29 is 4.79 Å². The fourth-order valence-electron chi connectivity index (χ4n) is 1.41. The Kier molecular flexibility index (Phi) is 3.30. The molecule has 0 saturated carbocycles. The summed E-state index contributed by atoms with van der Waals surface area (Å²) in [4.78, 5) is 11.9. The van der Waals surface area contributed by atoms with E-state index in [0.29, 0.717) is 16.3 Å². The van der Waals surface area contributed by atoms with Crippen LogP contribution in [-0.4, -0.2) is 5.91 Å². The van der Waals surface area contributed by atoms with Gasteiger partial charge in [-0.25, -0.2) is 0 Å². The molecule has 0 spiro atoms. The number of hydrogen-bond acceptors (Lipinski definition) is 2. The Morgan fingerprint density at radius 2 is 1.82 bits per heavy atom. The molecule has 3 nitrogen and oxygen atoms in total. The molecule has 86 valence electrons. The van der Waals surface area contributed by atoms with E-state index in [-0.39, 0.29) is 5.91 Å². The summed E-state index contributed by atoms with van der Waals surface area (Å²) in [6.45, 7) is 0. The van der Waals surface area contributed by atoms with Crippen LogP contribution in [-0.2, 0) is 0 Å². The monoisotopic (exact) mass is 246 g/mol. The van der Waals surface area contributed by atoms with Crippen molar-refractivity contribution >= 4 is 28.9 Å². The standard InChI is InChI=1S/C13H11ClN2O/c14-11-7-6-9(8-12(11)15)13(17)16-10-4-2-1-3-5-10/h1-8H,15H2,(H,16,17). The van der Waals surface area contributed by atoms with Crippen molar-refractivity contribution in [2.75, 3.05) is 11.1 Å². The van der Waals surface area contributed by atoms with E-state index < -0.39 is 0 Å². The Bertz CT molecular complexity index is 540. The Balaban J connectivity index is 2.18. The summed E-state index contributed by atoms with van der Waals surface area (Å²) in [5.41, 5.74) is 7.26. The molecule has 0 aliphatic heterocycles. The summed E-state index contributed by atoms with van der Waals surface area (Å²) in [5.74, 6) is -0.209. The second-order valence-electron chi connectivity index (χ2n) is 3.56. The molecule has 17 heavy (non-hydrogen) atoms. The molecule has 3 N–H and O–H groups in total. The number of carbonyl (C=O) groups is 1. The van der Waals surface area contributed by atoms with Gasteiger partial charge in [0.15, 0.2) is 0 Å². The lowest BCUT2D eigenvalue weighted by atomic mass is 10.2. The van der Waals surface area contributed by atoms with E-state index in [9.17, 15) is 4.79 Å². The van der Waals surface area contributed by atoms with Crippen LogP contribution in [0.3, 0.4) is 0 Å². The molecule has 0 heterocycles. The number of benzene rings is 2. The second kappa shape index (κ2) is 4.89. The molecule has 0 atom stereocenters. The maximum absolute atomic E-state index is 11.9. The number of hydrogen-bond donors (Lipinski definition) is 2. The average Bonchev–Trinajstić information content (AvgIpc) is 2.34. The number of nitrogens with two attached hydrogens (primary N) is 1. The van der Waals surface area contributed by atoms with Crippen molar-refractivity contribution in [3.8, 4) is 0 Å². The molecule has 0 aliphatic carbocycles. The van der Waals surface area contributed by atoms with Gasteiger partial charge in [-0.2, -0.15) is 0 Å². The predicted molar refractivity (Wildman–Crippen MR) is 70.3 cm³/mol. The van der Waals surface area contributed by atoms with Gasteiger partial charge in [-0.05, 0) is 30.3 Å². The number of nitrogen functional groups attached to an aromatic ring is 1. The number of anilines is 2. The van der Waals surface area contributed by atoms with E-state index in [1.807, 2.05) is 30.3 Å². The molecular formula is C13H11ClN2O. The van der Waals surface area contributed by atoms with Gasteiger partial charge in [-0.1, -0.05) is 29.8 Å². The summed E-state index contributed by atoms with van der Waals surface area (Å²) in [6, 6.07) is 14.0. The lowest BCUT2D eigenvalue weighted by molar-refractivity contribution is 0.102. The molecule has 0 radical (unpaired) electrons. The van der Waals surface area contributed by atoms with Gasteiger partial charge in [-0.15, -0.1) is 0 Å². The highest BCUT2D eigenvalue weighted by atomic mass is 35.5. The molecule has 2 aromatic rings. The highest BCUT2D eigenvalue weighted by Gasteiger charge is 2.07. The van der Waals surface area contributed by atoms with E-state index in [1.54, 1.807) is 18.2 Å². The molecule has 4 heteroatoms. The first-order valence-corrected chi connectivity index (χ1v) is 5.46. The predicted octanol–water partition coefficient (Wildman–Crippen LogP) is 3.17. The lowest BCUT2D eigenvalue weighted by Crippen LogP contribution is -2.12. The normalized spacial score (nSPS) is 9.94. The molecular weight excluding hydrogens is 236 g/mol. The van der Waals surface area contributed by atoms with Crippen LogP contribution in [0, 0.1) is 0 Å². The molecule has 0 bridgehead atoms. The molecule has 0 aliphatic rings. The third-order valence-electron chi connectivity index (χ3n) is 2.29. The maximum Gasteiger partial charge on any atom is 0.255 e. The summed E-state index contributed by atoms with van der Waals surface area (Å²) >= 11 is 5.79. The zero-order chi connectivity index (χ0) is 12.3. The van der Waals surface area contributed by atoms with Crippen molar-refractivity contribution in [1.82, 2.24) is 0 Å². The minimum absolute atomic E-state index is 0.209. The van der Waals surface area contributed by atoms with Gasteiger partial charge < -0.3 is 11.1 Å². The first-order valence-electron chi connectivity index (χ1n) is 5.08. The second-order valence-corrected chi connectivity index (χ2v) is 3.96. The molecule has 0 saturated heterocycles. The van der Waals surface area contributed by atoms with Gasteiger partial charge in [0.1, 0.15) is 0 Å². The fourth-order valence-corrected chi connectivity index (χ4v) is 1.53. The minimum atomic E-state index is -0.209. The van der Waals surface area contributed by atoms with E-state index in [2.05, 4.69) is 5.32 Å². The van der Waals surface area contributed by atoms with Crippen molar-refractivity contribution in [2.45, 2.75) is 0 Å². The van der Waals surface area contributed by atoms with Gasteiger partial charge in [0.2, 0.25) is 0 Å². The highest BCUT2D eigenvalue weighted by molar-refractivity contribution is 6.33. The van der Waals surface area contributed by atoms with Crippen LogP contribution in [0.25, 0.3) is 0 Å². The van der Waals surface area contributed by atoms with Crippen LogP contribution in [0.5, 0.6) is 0 Å². The largest absolute Gasteiger partial charge is 0.398 e. The lowest BCUT2D eigenvalue weighted by Gasteiger charge is -2.06. The average molecular weight is 247 g/mol. The molecule has 0 aromatic heterocycles. The van der Waals surface area contributed by atoms with Crippen LogP contribution in [0.2, 0.25) is 5.02 Å². The first kappa shape index (κ1) is 11.5. The highest BCUT2D eigenvalue weighted by Crippen LogP contribution is 2.20. The third-order valence-corrected chi connectivity index (χ3v) is 2.63. The summed E-state index contributed by atoms with van der Waals surface area (Å²) in [6.07, 6.45) is 0. The van der Waals surface area contributed by atoms with Crippen LogP contribution < -0.4 is 11.1 Å². The van der Waals surface area contributed by atoms with Crippen LogP contribution in [0.1, 0.15) is 10.4 Å². The Labute approximate surface area is 104 Å². The quantitative estimate of drug-likeness (QED) is 0.800. The maximum atomic E-state index is 11.9. The smallest absolute Gasteiger partial charge is 0.255 e.